The molecule has 3 aromatic rings. The largest absolute Gasteiger partial charge is 0.482 e. The SMILES string of the molecule is Nc1cccc2oc(COc3ccc(F)cc3Cl)nc12. The predicted octanol–water partition coefficient (Wildman–Crippen LogP) is 3.78. The fourth-order valence-electron chi connectivity index (χ4n) is 1.81. The van der Waals surface area contributed by atoms with Gasteiger partial charge >= 0.3 is 0 Å². The molecule has 0 unspecified atom stereocenters. The zero-order valence-corrected chi connectivity index (χ0v) is 11.0. The smallest absolute Gasteiger partial charge is 0.233 e. The maximum absolute atomic E-state index is 12.9. The number of ether oxygens (including phenoxy) is 1. The highest BCUT2D eigenvalue weighted by Crippen LogP contribution is 2.26. The number of halogens is 2. The Labute approximate surface area is 118 Å². The summed E-state index contributed by atoms with van der Waals surface area (Å²) in [5, 5.41) is 0.195. The Morgan fingerprint density at radius 3 is 2.90 bits per heavy atom. The molecule has 1 aromatic heterocycles. The second-order valence-corrected chi connectivity index (χ2v) is 4.57. The van der Waals surface area contributed by atoms with E-state index in [1.54, 1.807) is 18.2 Å². The number of oxazole rings is 1. The maximum atomic E-state index is 12.9. The molecule has 0 amide bonds. The molecule has 0 aliphatic carbocycles. The highest BCUT2D eigenvalue weighted by molar-refractivity contribution is 6.32. The van der Waals surface area contributed by atoms with Crippen molar-refractivity contribution < 1.29 is 13.5 Å². The molecule has 0 saturated carbocycles. The third-order valence-electron chi connectivity index (χ3n) is 2.74. The summed E-state index contributed by atoms with van der Waals surface area (Å²) in [6, 6.07) is 9.20. The van der Waals surface area contributed by atoms with Gasteiger partial charge in [-0.15, -0.1) is 0 Å². The van der Waals surface area contributed by atoms with Gasteiger partial charge in [0.1, 0.15) is 17.1 Å². The van der Waals surface area contributed by atoms with Crippen LogP contribution < -0.4 is 10.5 Å². The summed E-state index contributed by atoms with van der Waals surface area (Å²) in [5.41, 5.74) is 7.52. The zero-order valence-electron chi connectivity index (χ0n) is 10.3. The van der Waals surface area contributed by atoms with Crippen LogP contribution in [0.25, 0.3) is 11.1 Å². The Bertz CT molecular complexity index is 773. The van der Waals surface area contributed by atoms with Crippen LogP contribution in [0.3, 0.4) is 0 Å². The van der Waals surface area contributed by atoms with Crippen LogP contribution in [0.5, 0.6) is 5.75 Å². The predicted molar refractivity (Wildman–Crippen MR) is 74.2 cm³/mol. The summed E-state index contributed by atoms with van der Waals surface area (Å²) in [6.45, 7) is 0.0828. The van der Waals surface area contributed by atoms with Crippen molar-refractivity contribution in [2.24, 2.45) is 0 Å². The number of para-hydroxylation sites is 1. The minimum absolute atomic E-state index is 0.0828. The van der Waals surface area contributed by atoms with E-state index in [0.717, 1.165) is 0 Å². The molecule has 1 heterocycles. The first-order valence-corrected chi connectivity index (χ1v) is 6.23. The normalized spacial score (nSPS) is 10.9. The van der Waals surface area contributed by atoms with Crippen LogP contribution in [-0.2, 0) is 6.61 Å². The fourth-order valence-corrected chi connectivity index (χ4v) is 2.03. The molecule has 3 rings (SSSR count). The van der Waals surface area contributed by atoms with Gasteiger partial charge in [0.2, 0.25) is 5.89 Å². The van der Waals surface area contributed by atoms with Gasteiger partial charge < -0.3 is 14.9 Å². The second-order valence-electron chi connectivity index (χ2n) is 4.17. The zero-order chi connectivity index (χ0) is 14.1. The van der Waals surface area contributed by atoms with E-state index in [2.05, 4.69) is 4.98 Å². The van der Waals surface area contributed by atoms with E-state index in [1.807, 2.05) is 0 Å². The molecule has 0 aliphatic rings. The Kier molecular flexibility index (Phi) is 3.20. The van der Waals surface area contributed by atoms with Crippen molar-refractivity contribution in [2.75, 3.05) is 5.73 Å². The number of anilines is 1. The Hall–Kier alpha value is -2.27. The minimum atomic E-state index is -0.419. The summed E-state index contributed by atoms with van der Waals surface area (Å²) in [6.07, 6.45) is 0. The van der Waals surface area contributed by atoms with E-state index in [0.29, 0.717) is 28.4 Å². The average molecular weight is 293 g/mol. The van der Waals surface area contributed by atoms with Gasteiger partial charge in [0.15, 0.2) is 12.2 Å². The van der Waals surface area contributed by atoms with E-state index in [4.69, 9.17) is 26.5 Å². The minimum Gasteiger partial charge on any atom is -0.482 e. The van der Waals surface area contributed by atoms with Crippen LogP contribution in [0.1, 0.15) is 5.89 Å². The number of aromatic nitrogens is 1. The van der Waals surface area contributed by atoms with Crippen LogP contribution in [0.2, 0.25) is 5.02 Å². The molecule has 6 heteroatoms. The Morgan fingerprint density at radius 2 is 2.15 bits per heavy atom. The maximum Gasteiger partial charge on any atom is 0.233 e. The van der Waals surface area contributed by atoms with Crippen LogP contribution in [0.15, 0.2) is 40.8 Å². The van der Waals surface area contributed by atoms with Crippen molar-refractivity contribution in [3.05, 3.63) is 53.1 Å². The molecule has 0 fully saturated rings. The quantitative estimate of drug-likeness (QED) is 0.746. The van der Waals surface area contributed by atoms with E-state index in [1.165, 1.54) is 18.2 Å². The molecule has 4 nitrogen and oxygen atoms in total. The number of fused-ring (bicyclic) bond motifs is 1. The topological polar surface area (TPSA) is 61.3 Å². The first kappa shape index (κ1) is 12.7. The number of nitrogens with two attached hydrogens (primary N) is 1. The van der Waals surface area contributed by atoms with Crippen molar-refractivity contribution in [1.82, 2.24) is 4.98 Å². The molecule has 20 heavy (non-hydrogen) atoms. The molecule has 0 radical (unpaired) electrons. The van der Waals surface area contributed by atoms with Crippen molar-refractivity contribution in [3.63, 3.8) is 0 Å². The summed E-state index contributed by atoms with van der Waals surface area (Å²) in [4.78, 5) is 4.24. The second kappa shape index (κ2) is 5.02. The number of benzene rings is 2. The Balaban J connectivity index is 1.81. The number of rotatable bonds is 3. The summed E-state index contributed by atoms with van der Waals surface area (Å²) in [5.74, 6) is 0.318. The van der Waals surface area contributed by atoms with Crippen LogP contribution in [0, 0.1) is 5.82 Å². The van der Waals surface area contributed by atoms with Gasteiger partial charge in [0.25, 0.3) is 0 Å². The van der Waals surface area contributed by atoms with Crippen molar-refractivity contribution >= 4 is 28.4 Å². The summed E-state index contributed by atoms with van der Waals surface area (Å²) < 4.78 is 23.9. The van der Waals surface area contributed by atoms with Crippen LogP contribution in [0.4, 0.5) is 10.1 Å². The van der Waals surface area contributed by atoms with Crippen LogP contribution in [-0.4, -0.2) is 4.98 Å². The molecule has 102 valence electrons. The van der Waals surface area contributed by atoms with E-state index in [9.17, 15) is 4.39 Å². The third-order valence-corrected chi connectivity index (χ3v) is 3.03. The molecule has 0 aliphatic heterocycles. The highest BCUT2D eigenvalue weighted by atomic mass is 35.5. The van der Waals surface area contributed by atoms with Crippen LogP contribution >= 0.6 is 11.6 Å². The van der Waals surface area contributed by atoms with Crippen molar-refractivity contribution in [2.45, 2.75) is 6.61 Å². The lowest BCUT2D eigenvalue weighted by atomic mass is 10.3. The van der Waals surface area contributed by atoms with Gasteiger partial charge in [-0.2, -0.15) is 0 Å². The van der Waals surface area contributed by atoms with Crippen molar-refractivity contribution in [1.29, 1.82) is 0 Å². The number of hydrogen-bond acceptors (Lipinski definition) is 4. The number of nitrogen functional groups attached to an aromatic ring is 1. The molecule has 0 atom stereocenters. The van der Waals surface area contributed by atoms with Crippen molar-refractivity contribution in [3.8, 4) is 5.75 Å². The lowest BCUT2D eigenvalue weighted by molar-refractivity contribution is 0.267. The molecular weight excluding hydrogens is 283 g/mol. The van der Waals surface area contributed by atoms with Gasteiger partial charge in [-0.25, -0.2) is 9.37 Å². The lowest BCUT2D eigenvalue weighted by Gasteiger charge is -2.05. The molecule has 2 aromatic carbocycles. The van der Waals surface area contributed by atoms with Gasteiger partial charge in [-0.05, 0) is 30.3 Å². The number of hydrogen-bond donors (Lipinski definition) is 1. The molecular formula is C14H10ClFN2O2. The molecule has 2 N–H and O–H groups in total. The fraction of sp³-hybridized carbons (Fsp3) is 0.0714. The first-order valence-electron chi connectivity index (χ1n) is 5.85. The molecule has 0 saturated heterocycles. The average Bonchev–Trinajstić information content (AvgIpc) is 2.82. The lowest BCUT2D eigenvalue weighted by Crippen LogP contribution is -1.96. The molecule has 0 bridgehead atoms. The summed E-state index contributed by atoms with van der Waals surface area (Å²) in [7, 11) is 0. The van der Waals surface area contributed by atoms with Gasteiger partial charge in [0.05, 0.1) is 10.7 Å². The standard InChI is InChI=1S/C14H10ClFN2O2/c15-9-6-8(16)4-5-11(9)19-7-13-18-14-10(17)2-1-3-12(14)20-13/h1-6H,7,17H2. The van der Waals surface area contributed by atoms with E-state index < -0.39 is 5.82 Å². The van der Waals surface area contributed by atoms with Gasteiger partial charge in [0, 0.05) is 0 Å². The summed E-state index contributed by atoms with van der Waals surface area (Å²) >= 11 is 5.86. The van der Waals surface area contributed by atoms with Gasteiger partial charge in [-0.1, -0.05) is 17.7 Å². The Morgan fingerprint density at radius 1 is 1.30 bits per heavy atom. The third kappa shape index (κ3) is 2.40. The monoisotopic (exact) mass is 292 g/mol. The number of nitrogens with zero attached hydrogens (tertiary/aromatic N) is 1. The van der Waals surface area contributed by atoms with E-state index in [-0.39, 0.29) is 11.6 Å². The molecule has 0 spiro atoms. The first-order chi connectivity index (χ1) is 9.63. The van der Waals surface area contributed by atoms with Gasteiger partial charge in [-0.3, -0.25) is 0 Å². The highest BCUT2D eigenvalue weighted by Gasteiger charge is 2.10. The van der Waals surface area contributed by atoms with E-state index >= 15 is 0 Å².